The number of ether oxygens (including phenoxy) is 2. The summed E-state index contributed by atoms with van der Waals surface area (Å²) in [6.07, 6.45) is -3.87. The Hall–Kier alpha value is -5.40. The smallest absolute Gasteiger partial charge is 0.428 e. The number of nitrogens with one attached hydrogen (secondary N) is 4. The fourth-order valence-corrected chi connectivity index (χ4v) is 4.91. The lowest BCUT2D eigenvalue weighted by Gasteiger charge is -2.18. The van der Waals surface area contributed by atoms with Crippen molar-refractivity contribution in [3.8, 4) is 11.5 Å². The van der Waals surface area contributed by atoms with Gasteiger partial charge >= 0.3 is 18.2 Å². The van der Waals surface area contributed by atoms with Crippen molar-refractivity contribution in [1.82, 2.24) is 10.6 Å². The fourth-order valence-electron chi connectivity index (χ4n) is 4.38. The minimum atomic E-state index is -3.77. The van der Waals surface area contributed by atoms with E-state index in [4.69, 9.17) is 51.1 Å². The Bertz CT molecular complexity index is 2060. The van der Waals surface area contributed by atoms with Crippen LogP contribution < -0.4 is 30.7 Å². The number of rotatable bonds is 10. The number of benzene rings is 5. The van der Waals surface area contributed by atoms with Crippen LogP contribution in [-0.4, -0.2) is 34.8 Å². The molecule has 280 valence electrons. The highest BCUT2D eigenvalue weighted by Gasteiger charge is 2.40. The van der Waals surface area contributed by atoms with E-state index in [0.717, 1.165) is 5.56 Å². The van der Waals surface area contributed by atoms with Gasteiger partial charge in [-0.25, -0.2) is 9.59 Å². The Kier molecular flexibility index (Phi) is 15.0. The first-order valence-corrected chi connectivity index (χ1v) is 17.3. The third-order valence-electron chi connectivity index (χ3n) is 7.01. The molecule has 0 aliphatic rings. The van der Waals surface area contributed by atoms with E-state index in [-0.39, 0.29) is 38.7 Å². The molecule has 0 radical (unpaired) electrons. The van der Waals surface area contributed by atoms with Crippen LogP contribution in [0.15, 0.2) is 127 Å². The van der Waals surface area contributed by atoms with Crippen molar-refractivity contribution < 1.29 is 37.4 Å². The lowest BCUT2D eigenvalue weighted by molar-refractivity contribution is -0.163. The molecule has 0 bridgehead atoms. The van der Waals surface area contributed by atoms with Gasteiger partial charge < -0.3 is 20.1 Å². The Morgan fingerprint density at radius 1 is 0.593 bits per heavy atom. The van der Waals surface area contributed by atoms with E-state index >= 15 is 0 Å². The number of urea groups is 2. The molecule has 4 N–H and O–H groups in total. The lowest BCUT2D eigenvalue weighted by Crippen LogP contribution is -2.34. The Balaban J connectivity index is 0.000000241. The Morgan fingerprint density at radius 2 is 1.00 bits per heavy atom. The van der Waals surface area contributed by atoms with Gasteiger partial charge in [0, 0.05) is 11.4 Å². The second kappa shape index (κ2) is 19.6. The number of imide groups is 2. The molecule has 16 heteroatoms. The summed E-state index contributed by atoms with van der Waals surface area (Å²) in [5.74, 6) is -0.795. The molecule has 0 spiro atoms. The average molecular weight is 818 g/mol. The maximum Gasteiger partial charge on any atom is 0.428 e. The lowest BCUT2D eigenvalue weighted by atomic mass is 10.1. The number of carbonyl (C=O) groups is 4. The third-order valence-corrected chi connectivity index (χ3v) is 8.17. The molecular weight excluding hydrogens is 788 g/mol. The maximum atomic E-state index is 13.3. The van der Waals surface area contributed by atoms with Crippen LogP contribution in [0.3, 0.4) is 0 Å². The van der Waals surface area contributed by atoms with E-state index in [9.17, 15) is 28.0 Å². The molecule has 5 aromatic rings. The van der Waals surface area contributed by atoms with Crippen LogP contribution in [0.4, 0.5) is 29.7 Å². The third kappa shape index (κ3) is 12.6. The van der Waals surface area contributed by atoms with Gasteiger partial charge in [-0.1, -0.05) is 101 Å². The second-order valence-corrected chi connectivity index (χ2v) is 12.9. The zero-order valence-electron chi connectivity index (χ0n) is 28.0. The van der Waals surface area contributed by atoms with Gasteiger partial charge in [-0.2, -0.15) is 8.78 Å². The quantitative estimate of drug-likeness (QED) is 0.104. The van der Waals surface area contributed by atoms with E-state index in [0.29, 0.717) is 11.4 Å². The standard InChI is InChI=1S/C22H19ClN2O3.C16H11Cl3F2N2O3/c1-15(16-7-3-2-4-8-16)28-18-13-11-17(12-14-18)24-22(27)25-21(26)19-9-5-6-10-20(19)23;17-12-4-2-1-3-11(12)13(24)23-15(25)22-9-5-7-10(8-6-9)26-16(20,21)14(18)19/h2-15H,1H3,(H2,24,25,26,27);1-8,14H,(H2,22,23,24,25). The predicted octanol–water partition coefficient (Wildman–Crippen LogP) is 10.5. The molecule has 1 atom stereocenters. The molecule has 0 saturated heterocycles. The van der Waals surface area contributed by atoms with E-state index in [1.54, 1.807) is 60.7 Å². The van der Waals surface area contributed by atoms with Gasteiger partial charge in [-0.15, -0.1) is 0 Å². The first-order valence-electron chi connectivity index (χ1n) is 15.7. The van der Waals surface area contributed by atoms with Crippen LogP contribution >= 0.6 is 46.4 Å². The summed E-state index contributed by atoms with van der Waals surface area (Å²) < 4.78 is 36.8. The molecule has 0 fully saturated rings. The minimum Gasteiger partial charge on any atom is -0.486 e. The van der Waals surface area contributed by atoms with Crippen molar-refractivity contribution >= 4 is 81.7 Å². The van der Waals surface area contributed by atoms with E-state index < -0.39 is 34.8 Å². The van der Waals surface area contributed by atoms with Gasteiger partial charge in [0.25, 0.3) is 11.8 Å². The summed E-state index contributed by atoms with van der Waals surface area (Å²) in [6, 6.07) is 33.0. The second-order valence-electron chi connectivity index (χ2n) is 11.0. The monoisotopic (exact) mass is 816 g/mol. The largest absolute Gasteiger partial charge is 0.486 e. The van der Waals surface area contributed by atoms with Gasteiger partial charge in [0.2, 0.25) is 4.84 Å². The average Bonchev–Trinajstić information content (AvgIpc) is 3.14. The van der Waals surface area contributed by atoms with Crippen molar-refractivity contribution in [2.24, 2.45) is 0 Å². The van der Waals surface area contributed by atoms with Gasteiger partial charge in [-0.05, 0) is 85.3 Å². The molecule has 1 unspecified atom stereocenters. The SMILES string of the molecule is CC(Oc1ccc(NC(=O)NC(=O)c2ccccc2Cl)cc1)c1ccccc1.O=C(NC(=O)c1ccccc1Cl)Nc1ccc(OC(F)(F)C(Cl)Cl)cc1. The van der Waals surface area contributed by atoms with E-state index in [2.05, 4.69) is 26.0 Å². The topological polar surface area (TPSA) is 135 Å². The summed E-state index contributed by atoms with van der Waals surface area (Å²) in [5, 5.41) is 9.78. The highest BCUT2D eigenvalue weighted by Crippen LogP contribution is 2.31. The van der Waals surface area contributed by atoms with E-state index in [1.807, 2.05) is 37.3 Å². The molecule has 0 saturated carbocycles. The number of hydrogen-bond donors (Lipinski definition) is 4. The molecule has 0 heterocycles. The molecule has 0 aliphatic heterocycles. The molecular formula is C38H30Cl4F2N4O6. The summed E-state index contributed by atoms with van der Waals surface area (Å²) in [7, 11) is 0. The summed E-state index contributed by atoms with van der Waals surface area (Å²) in [4.78, 5) is 45.9. The van der Waals surface area contributed by atoms with E-state index in [1.165, 1.54) is 36.4 Å². The molecule has 0 aromatic heterocycles. The highest BCUT2D eigenvalue weighted by molar-refractivity contribution is 6.44. The van der Waals surface area contributed by atoms with Crippen molar-refractivity contribution in [3.05, 3.63) is 154 Å². The predicted molar refractivity (Wildman–Crippen MR) is 205 cm³/mol. The molecule has 5 aromatic carbocycles. The number of anilines is 2. The van der Waals surface area contributed by atoms with Gasteiger partial charge in [0.15, 0.2) is 0 Å². The van der Waals surface area contributed by atoms with Crippen molar-refractivity contribution in [1.29, 1.82) is 0 Å². The molecule has 10 nitrogen and oxygen atoms in total. The van der Waals surface area contributed by atoms with Crippen molar-refractivity contribution in [3.63, 3.8) is 0 Å². The number of hydrogen-bond acceptors (Lipinski definition) is 6. The first kappa shape index (κ1) is 41.4. The van der Waals surface area contributed by atoms with Crippen LogP contribution in [0.5, 0.6) is 11.5 Å². The van der Waals surface area contributed by atoms with Crippen LogP contribution in [0, 0.1) is 0 Å². The summed E-state index contributed by atoms with van der Waals surface area (Å²) in [6.45, 7) is 1.97. The number of alkyl halides is 4. The Morgan fingerprint density at radius 3 is 1.43 bits per heavy atom. The summed E-state index contributed by atoms with van der Waals surface area (Å²) in [5.41, 5.74) is 2.20. The number of carbonyl (C=O) groups excluding carboxylic acids is 4. The zero-order valence-corrected chi connectivity index (χ0v) is 31.0. The molecule has 6 amide bonds. The summed E-state index contributed by atoms with van der Waals surface area (Å²) >= 11 is 22.1. The molecule has 5 rings (SSSR count). The maximum absolute atomic E-state index is 13.3. The number of amides is 6. The van der Waals surface area contributed by atoms with Crippen molar-refractivity contribution in [2.45, 2.75) is 24.0 Å². The van der Waals surface area contributed by atoms with Crippen LogP contribution in [0.1, 0.15) is 39.3 Å². The Labute approximate surface area is 328 Å². The minimum absolute atomic E-state index is 0.100. The van der Waals surface area contributed by atoms with Crippen molar-refractivity contribution in [2.75, 3.05) is 10.6 Å². The van der Waals surface area contributed by atoms with Crippen LogP contribution in [0.25, 0.3) is 0 Å². The first-order chi connectivity index (χ1) is 25.7. The zero-order chi connectivity index (χ0) is 39.3. The molecule has 54 heavy (non-hydrogen) atoms. The fraction of sp³-hybridized carbons (Fsp3) is 0.105. The van der Waals surface area contributed by atoms with Gasteiger partial charge in [0.05, 0.1) is 21.2 Å². The van der Waals surface area contributed by atoms with Gasteiger partial charge in [-0.3, -0.25) is 20.2 Å². The molecule has 0 aliphatic carbocycles. The highest BCUT2D eigenvalue weighted by atomic mass is 35.5. The van der Waals surface area contributed by atoms with Crippen LogP contribution in [0.2, 0.25) is 10.0 Å². The van der Waals surface area contributed by atoms with Gasteiger partial charge in [0.1, 0.15) is 17.6 Å². The normalized spacial score (nSPS) is 11.3. The number of halogens is 6. The van der Waals surface area contributed by atoms with Crippen LogP contribution in [-0.2, 0) is 0 Å².